The van der Waals surface area contributed by atoms with E-state index in [4.69, 9.17) is 0 Å². The summed E-state index contributed by atoms with van der Waals surface area (Å²) in [6.45, 7) is 8.11. The number of benzene rings is 2. The highest BCUT2D eigenvalue weighted by molar-refractivity contribution is 6.08. The highest BCUT2D eigenvalue weighted by Crippen LogP contribution is 2.31. The second-order valence-electron chi connectivity index (χ2n) is 5.96. The van der Waals surface area contributed by atoms with Crippen LogP contribution >= 0.6 is 0 Å². The van der Waals surface area contributed by atoms with Gasteiger partial charge in [-0.05, 0) is 31.0 Å². The highest BCUT2D eigenvalue weighted by atomic mass is 16.1. The number of fused-ring (bicyclic) bond motifs is 1. The lowest BCUT2D eigenvalue weighted by atomic mass is 10.0. The minimum Gasteiger partial charge on any atom is -0.354 e. The van der Waals surface area contributed by atoms with Crippen LogP contribution in [0.5, 0.6) is 0 Å². The first-order valence-corrected chi connectivity index (χ1v) is 8.22. The summed E-state index contributed by atoms with van der Waals surface area (Å²) >= 11 is 0. The molecule has 126 valence electrons. The van der Waals surface area contributed by atoms with Crippen molar-refractivity contribution in [3.05, 3.63) is 78.0 Å². The van der Waals surface area contributed by atoms with E-state index in [-0.39, 0.29) is 5.91 Å². The number of para-hydroxylation sites is 2. The molecule has 0 saturated carbocycles. The van der Waals surface area contributed by atoms with E-state index in [0.717, 1.165) is 33.4 Å². The molecule has 3 rings (SSSR count). The average Bonchev–Trinajstić information content (AvgIpc) is 2.62. The predicted molar refractivity (Wildman–Crippen MR) is 103 cm³/mol. The Morgan fingerprint density at radius 1 is 1.12 bits per heavy atom. The average molecular weight is 331 g/mol. The predicted octanol–water partition coefficient (Wildman–Crippen LogP) is 4.51. The summed E-state index contributed by atoms with van der Waals surface area (Å²) < 4.78 is 0. The van der Waals surface area contributed by atoms with Gasteiger partial charge in [0.1, 0.15) is 0 Å². The van der Waals surface area contributed by atoms with Crippen LogP contribution in [0.25, 0.3) is 10.9 Å². The molecule has 0 aliphatic heterocycles. The molecule has 25 heavy (non-hydrogen) atoms. The van der Waals surface area contributed by atoms with Crippen molar-refractivity contribution in [2.75, 3.05) is 11.9 Å². The zero-order valence-corrected chi connectivity index (χ0v) is 14.5. The number of pyridine rings is 1. The van der Waals surface area contributed by atoms with Crippen molar-refractivity contribution in [3.63, 3.8) is 0 Å². The fourth-order valence-corrected chi connectivity index (χ4v) is 2.79. The summed E-state index contributed by atoms with van der Waals surface area (Å²) in [5.41, 5.74) is 5.32. The van der Waals surface area contributed by atoms with Gasteiger partial charge in [0.25, 0.3) is 5.91 Å². The number of hydrogen-bond acceptors (Lipinski definition) is 3. The largest absolute Gasteiger partial charge is 0.354 e. The normalized spacial score (nSPS) is 10.5. The van der Waals surface area contributed by atoms with Gasteiger partial charge in [0.2, 0.25) is 0 Å². The molecule has 0 fully saturated rings. The summed E-state index contributed by atoms with van der Waals surface area (Å²) in [7, 11) is 0. The van der Waals surface area contributed by atoms with Crippen LogP contribution < -0.4 is 10.6 Å². The Morgan fingerprint density at radius 2 is 1.88 bits per heavy atom. The number of rotatable bonds is 5. The van der Waals surface area contributed by atoms with Gasteiger partial charge in [-0.25, -0.2) is 0 Å². The molecule has 2 N–H and O–H groups in total. The van der Waals surface area contributed by atoms with Gasteiger partial charge < -0.3 is 10.6 Å². The van der Waals surface area contributed by atoms with Gasteiger partial charge in [0, 0.05) is 23.8 Å². The molecular weight excluding hydrogens is 310 g/mol. The minimum absolute atomic E-state index is 0.174. The third-order valence-corrected chi connectivity index (χ3v) is 4.16. The number of anilines is 2. The number of nitrogens with one attached hydrogen (secondary N) is 2. The first-order valence-electron chi connectivity index (χ1n) is 8.22. The molecular formula is C21H21N3O. The van der Waals surface area contributed by atoms with E-state index in [1.54, 1.807) is 12.3 Å². The molecule has 0 spiro atoms. The molecule has 4 nitrogen and oxygen atoms in total. The molecule has 0 atom stereocenters. The second kappa shape index (κ2) is 7.18. The summed E-state index contributed by atoms with van der Waals surface area (Å²) in [6.07, 6.45) is 3.29. The van der Waals surface area contributed by atoms with E-state index in [1.807, 2.05) is 56.3 Å². The molecule has 0 saturated heterocycles. The van der Waals surface area contributed by atoms with E-state index in [0.29, 0.717) is 12.1 Å². The third-order valence-electron chi connectivity index (χ3n) is 4.16. The molecule has 1 aromatic heterocycles. The SMILES string of the molecule is C=CCNC(=O)c1cnc2c(C)cccc2c1Nc1ccccc1C. The van der Waals surface area contributed by atoms with Crippen LogP contribution in [0.15, 0.2) is 61.3 Å². The van der Waals surface area contributed by atoms with Crippen LogP contribution in [0.4, 0.5) is 11.4 Å². The topological polar surface area (TPSA) is 54.0 Å². The third kappa shape index (κ3) is 3.38. The highest BCUT2D eigenvalue weighted by Gasteiger charge is 2.16. The van der Waals surface area contributed by atoms with Gasteiger partial charge in [0.05, 0.1) is 16.8 Å². The smallest absolute Gasteiger partial charge is 0.255 e. The molecule has 3 aromatic rings. The quantitative estimate of drug-likeness (QED) is 0.676. The number of carbonyl (C=O) groups is 1. The van der Waals surface area contributed by atoms with Crippen molar-refractivity contribution >= 4 is 28.2 Å². The van der Waals surface area contributed by atoms with Crippen LogP contribution in [0.2, 0.25) is 0 Å². The number of hydrogen-bond donors (Lipinski definition) is 2. The molecule has 1 amide bonds. The maximum atomic E-state index is 12.6. The molecule has 0 unspecified atom stereocenters. The van der Waals surface area contributed by atoms with Gasteiger partial charge in [-0.15, -0.1) is 6.58 Å². The number of aryl methyl sites for hydroxylation is 2. The molecule has 0 aliphatic carbocycles. The second-order valence-corrected chi connectivity index (χ2v) is 5.96. The Labute approximate surface area is 147 Å². The van der Waals surface area contributed by atoms with E-state index >= 15 is 0 Å². The lowest BCUT2D eigenvalue weighted by Crippen LogP contribution is -2.24. The van der Waals surface area contributed by atoms with Crippen LogP contribution in [0, 0.1) is 13.8 Å². The summed E-state index contributed by atoms with van der Waals surface area (Å²) in [4.78, 5) is 17.1. The standard InChI is InChI=1S/C21H21N3O/c1-4-12-22-21(25)17-13-23-19-15(3)9-7-10-16(19)20(17)24-18-11-6-5-8-14(18)2/h4-11,13H,1,12H2,2-3H3,(H,22,25)(H,23,24). The fraction of sp³-hybridized carbons (Fsp3) is 0.143. The summed E-state index contributed by atoms with van der Waals surface area (Å²) in [6, 6.07) is 14.0. The van der Waals surface area contributed by atoms with Gasteiger partial charge in [-0.3, -0.25) is 9.78 Å². The van der Waals surface area contributed by atoms with Crippen molar-refractivity contribution in [1.29, 1.82) is 0 Å². The number of amides is 1. The Bertz CT molecular complexity index is 947. The van der Waals surface area contributed by atoms with E-state index in [9.17, 15) is 4.79 Å². The number of aromatic nitrogens is 1. The van der Waals surface area contributed by atoms with Gasteiger partial charge >= 0.3 is 0 Å². The Morgan fingerprint density at radius 3 is 2.64 bits per heavy atom. The zero-order valence-electron chi connectivity index (χ0n) is 14.5. The van der Waals surface area contributed by atoms with Crippen molar-refractivity contribution in [2.45, 2.75) is 13.8 Å². The molecule has 1 heterocycles. The Kier molecular flexibility index (Phi) is 4.80. The van der Waals surface area contributed by atoms with Crippen molar-refractivity contribution in [1.82, 2.24) is 10.3 Å². The fourth-order valence-electron chi connectivity index (χ4n) is 2.79. The maximum Gasteiger partial charge on any atom is 0.255 e. The molecule has 0 radical (unpaired) electrons. The van der Waals surface area contributed by atoms with Gasteiger partial charge in [-0.1, -0.05) is 42.5 Å². The summed E-state index contributed by atoms with van der Waals surface area (Å²) in [5.74, 6) is -0.174. The van der Waals surface area contributed by atoms with Crippen LogP contribution in [0.3, 0.4) is 0 Å². The first-order chi connectivity index (χ1) is 12.1. The summed E-state index contributed by atoms with van der Waals surface area (Å²) in [5, 5.41) is 7.20. The zero-order chi connectivity index (χ0) is 17.8. The van der Waals surface area contributed by atoms with Crippen LogP contribution in [0.1, 0.15) is 21.5 Å². The number of nitrogens with zero attached hydrogens (tertiary/aromatic N) is 1. The van der Waals surface area contributed by atoms with Crippen molar-refractivity contribution < 1.29 is 4.79 Å². The number of carbonyl (C=O) groups excluding carboxylic acids is 1. The molecule has 2 aromatic carbocycles. The lowest BCUT2D eigenvalue weighted by molar-refractivity contribution is 0.0958. The van der Waals surface area contributed by atoms with Crippen molar-refractivity contribution in [3.8, 4) is 0 Å². The van der Waals surface area contributed by atoms with Gasteiger partial charge in [-0.2, -0.15) is 0 Å². The van der Waals surface area contributed by atoms with E-state index in [1.165, 1.54) is 0 Å². The molecule has 0 bridgehead atoms. The van der Waals surface area contributed by atoms with Crippen molar-refractivity contribution in [2.24, 2.45) is 0 Å². The minimum atomic E-state index is -0.174. The van der Waals surface area contributed by atoms with Crippen LogP contribution in [-0.2, 0) is 0 Å². The first kappa shape index (κ1) is 16.7. The molecule has 4 heteroatoms. The monoisotopic (exact) mass is 331 g/mol. The Balaban J connectivity index is 2.17. The van der Waals surface area contributed by atoms with Crippen LogP contribution in [-0.4, -0.2) is 17.4 Å². The van der Waals surface area contributed by atoms with E-state index < -0.39 is 0 Å². The molecule has 0 aliphatic rings. The maximum absolute atomic E-state index is 12.6. The Hall–Kier alpha value is -3.14. The lowest BCUT2D eigenvalue weighted by Gasteiger charge is -2.16. The van der Waals surface area contributed by atoms with E-state index in [2.05, 4.69) is 22.2 Å². The van der Waals surface area contributed by atoms with Gasteiger partial charge in [0.15, 0.2) is 0 Å².